The molecule has 0 unspecified atom stereocenters. The highest BCUT2D eigenvalue weighted by Gasteiger charge is 2.08. The standard InChI is InChI=1S/C15H13F2NO/c1-10-3-2-4-11(7-10)15(19)18-9-12-5-6-13(16)8-14(12)17/h2-8H,9H2,1H3,(H,18,19). The lowest BCUT2D eigenvalue weighted by Gasteiger charge is -2.07. The summed E-state index contributed by atoms with van der Waals surface area (Å²) in [7, 11) is 0. The minimum atomic E-state index is -0.662. The zero-order valence-corrected chi connectivity index (χ0v) is 10.4. The number of benzene rings is 2. The van der Waals surface area contributed by atoms with Crippen molar-refractivity contribution < 1.29 is 13.6 Å². The molecule has 98 valence electrons. The molecule has 1 N–H and O–H groups in total. The van der Waals surface area contributed by atoms with Crippen molar-refractivity contribution in [1.29, 1.82) is 0 Å². The number of rotatable bonds is 3. The average Bonchev–Trinajstić information content (AvgIpc) is 2.37. The fourth-order valence-corrected chi connectivity index (χ4v) is 1.73. The Hall–Kier alpha value is -2.23. The maximum atomic E-state index is 13.4. The van der Waals surface area contributed by atoms with E-state index >= 15 is 0 Å². The summed E-state index contributed by atoms with van der Waals surface area (Å²) >= 11 is 0. The van der Waals surface area contributed by atoms with Gasteiger partial charge >= 0.3 is 0 Å². The maximum Gasteiger partial charge on any atom is 0.251 e. The summed E-state index contributed by atoms with van der Waals surface area (Å²) in [5, 5.41) is 2.60. The highest BCUT2D eigenvalue weighted by atomic mass is 19.1. The molecule has 0 radical (unpaired) electrons. The van der Waals surface area contributed by atoms with E-state index in [-0.39, 0.29) is 18.0 Å². The van der Waals surface area contributed by atoms with Gasteiger partial charge in [-0.1, -0.05) is 23.8 Å². The number of carbonyl (C=O) groups excluding carboxylic acids is 1. The van der Waals surface area contributed by atoms with E-state index in [0.29, 0.717) is 5.56 Å². The molecule has 2 aromatic rings. The molecule has 2 nitrogen and oxygen atoms in total. The molecule has 0 spiro atoms. The Bertz CT molecular complexity index is 611. The van der Waals surface area contributed by atoms with Crippen molar-refractivity contribution in [2.45, 2.75) is 13.5 Å². The minimum absolute atomic E-state index is 0.0267. The molecule has 0 aromatic heterocycles. The van der Waals surface area contributed by atoms with Gasteiger partial charge in [-0.15, -0.1) is 0 Å². The molecule has 19 heavy (non-hydrogen) atoms. The predicted octanol–water partition coefficient (Wildman–Crippen LogP) is 3.20. The Labute approximate surface area is 110 Å². The smallest absolute Gasteiger partial charge is 0.251 e. The topological polar surface area (TPSA) is 29.1 Å². The van der Waals surface area contributed by atoms with Gasteiger partial charge in [-0.3, -0.25) is 4.79 Å². The third-order valence-electron chi connectivity index (χ3n) is 2.73. The van der Waals surface area contributed by atoms with Crippen LogP contribution in [-0.4, -0.2) is 5.91 Å². The number of hydrogen-bond acceptors (Lipinski definition) is 1. The van der Waals surface area contributed by atoms with Gasteiger partial charge in [-0.05, 0) is 25.1 Å². The van der Waals surface area contributed by atoms with Crippen molar-refractivity contribution in [3.63, 3.8) is 0 Å². The molecule has 2 rings (SSSR count). The zero-order valence-electron chi connectivity index (χ0n) is 10.4. The van der Waals surface area contributed by atoms with E-state index in [1.54, 1.807) is 18.2 Å². The molecule has 0 aliphatic heterocycles. The van der Waals surface area contributed by atoms with E-state index < -0.39 is 11.6 Å². The highest BCUT2D eigenvalue weighted by Crippen LogP contribution is 2.10. The molecular weight excluding hydrogens is 248 g/mol. The van der Waals surface area contributed by atoms with Crippen LogP contribution in [0.5, 0.6) is 0 Å². The van der Waals surface area contributed by atoms with Gasteiger partial charge in [-0.25, -0.2) is 8.78 Å². The zero-order chi connectivity index (χ0) is 13.8. The summed E-state index contributed by atoms with van der Waals surface area (Å²) in [5.41, 5.74) is 1.74. The average molecular weight is 261 g/mol. The first kappa shape index (κ1) is 13.2. The molecule has 4 heteroatoms. The lowest BCUT2D eigenvalue weighted by molar-refractivity contribution is 0.0950. The second kappa shape index (κ2) is 5.61. The molecule has 0 saturated carbocycles. The van der Waals surface area contributed by atoms with E-state index in [2.05, 4.69) is 5.32 Å². The van der Waals surface area contributed by atoms with Crippen LogP contribution in [0.1, 0.15) is 21.5 Å². The number of aryl methyl sites for hydroxylation is 1. The van der Waals surface area contributed by atoms with Gasteiger partial charge in [0.2, 0.25) is 0 Å². The van der Waals surface area contributed by atoms with Crippen LogP contribution in [0.25, 0.3) is 0 Å². The minimum Gasteiger partial charge on any atom is -0.348 e. The van der Waals surface area contributed by atoms with Gasteiger partial charge in [0, 0.05) is 23.7 Å². The number of halogens is 2. The lowest BCUT2D eigenvalue weighted by Crippen LogP contribution is -2.23. The molecule has 0 fully saturated rings. The highest BCUT2D eigenvalue weighted by molar-refractivity contribution is 5.94. The van der Waals surface area contributed by atoms with Crippen LogP contribution in [0.3, 0.4) is 0 Å². The first-order valence-electron chi connectivity index (χ1n) is 5.85. The molecule has 2 aromatic carbocycles. The van der Waals surface area contributed by atoms with Crippen molar-refractivity contribution in [3.05, 3.63) is 70.8 Å². The fourth-order valence-electron chi connectivity index (χ4n) is 1.73. The van der Waals surface area contributed by atoms with E-state index in [4.69, 9.17) is 0 Å². The van der Waals surface area contributed by atoms with Crippen molar-refractivity contribution in [1.82, 2.24) is 5.32 Å². The number of carbonyl (C=O) groups is 1. The summed E-state index contributed by atoms with van der Waals surface area (Å²) in [6, 6.07) is 10.4. The molecule has 0 aliphatic rings. The lowest BCUT2D eigenvalue weighted by atomic mass is 10.1. The van der Waals surface area contributed by atoms with Crippen molar-refractivity contribution in [3.8, 4) is 0 Å². The SMILES string of the molecule is Cc1cccc(C(=O)NCc2ccc(F)cc2F)c1. The maximum absolute atomic E-state index is 13.4. The quantitative estimate of drug-likeness (QED) is 0.903. The van der Waals surface area contributed by atoms with Crippen LogP contribution in [0.4, 0.5) is 8.78 Å². The van der Waals surface area contributed by atoms with Gasteiger partial charge in [-0.2, -0.15) is 0 Å². The second-order valence-electron chi connectivity index (χ2n) is 4.29. The molecule has 1 amide bonds. The molecule has 0 heterocycles. The van der Waals surface area contributed by atoms with Crippen molar-refractivity contribution >= 4 is 5.91 Å². The number of amides is 1. The summed E-state index contributed by atoms with van der Waals surface area (Å²) in [6.07, 6.45) is 0. The Kier molecular flexibility index (Phi) is 3.90. The van der Waals surface area contributed by atoms with E-state index in [1.165, 1.54) is 6.07 Å². The third-order valence-corrected chi connectivity index (χ3v) is 2.73. The third kappa shape index (κ3) is 3.37. The monoisotopic (exact) mass is 261 g/mol. The van der Waals surface area contributed by atoms with Crippen LogP contribution in [-0.2, 0) is 6.54 Å². The van der Waals surface area contributed by atoms with E-state index in [1.807, 2.05) is 13.0 Å². The normalized spacial score (nSPS) is 10.3. The molecule has 0 atom stereocenters. The van der Waals surface area contributed by atoms with Gasteiger partial charge in [0.05, 0.1) is 0 Å². The van der Waals surface area contributed by atoms with E-state index in [0.717, 1.165) is 17.7 Å². The van der Waals surface area contributed by atoms with Crippen LogP contribution >= 0.6 is 0 Å². The molecule has 0 bridgehead atoms. The predicted molar refractivity (Wildman–Crippen MR) is 68.7 cm³/mol. The van der Waals surface area contributed by atoms with Crippen LogP contribution in [0.2, 0.25) is 0 Å². The number of nitrogens with one attached hydrogen (secondary N) is 1. The molecule has 0 aliphatic carbocycles. The van der Waals surface area contributed by atoms with Crippen LogP contribution in [0.15, 0.2) is 42.5 Å². The van der Waals surface area contributed by atoms with Gasteiger partial charge < -0.3 is 5.32 Å². The van der Waals surface area contributed by atoms with Gasteiger partial charge in [0.25, 0.3) is 5.91 Å². The Morgan fingerprint density at radius 1 is 1.16 bits per heavy atom. The van der Waals surface area contributed by atoms with E-state index in [9.17, 15) is 13.6 Å². The van der Waals surface area contributed by atoms with Gasteiger partial charge in [0.1, 0.15) is 11.6 Å². The van der Waals surface area contributed by atoms with Crippen LogP contribution < -0.4 is 5.32 Å². The van der Waals surface area contributed by atoms with Crippen LogP contribution in [0, 0.1) is 18.6 Å². The van der Waals surface area contributed by atoms with Crippen molar-refractivity contribution in [2.75, 3.05) is 0 Å². The Balaban J connectivity index is 2.04. The summed E-state index contributed by atoms with van der Waals surface area (Å²) in [5.74, 6) is -1.58. The Morgan fingerprint density at radius 2 is 1.95 bits per heavy atom. The first-order chi connectivity index (χ1) is 9.06. The van der Waals surface area contributed by atoms with Crippen molar-refractivity contribution in [2.24, 2.45) is 0 Å². The largest absolute Gasteiger partial charge is 0.348 e. The molecule has 0 saturated heterocycles. The summed E-state index contributed by atoms with van der Waals surface area (Å²) < 4.78 is 26.1. The molecular formula is C15H13F2NO. The van der Waals surface area contributed by atoms with Gasteiger partial charge in [0.15, 0.2) is 0 Å². The second-order valence-corrected chi connectivity index (χ2v) is 4.29. The Morgan fingerprint density at radius 3 is 2.63 bits per heavy atom. The fraction of sp³-hybridized carbons (Fsp3) is 0.133. The summed E-state index contributed by atoms with van der Waals surface area (Å²) in [6.45, 7) is 1.91. The first-order valence-corrected chi connectivity index (χ1v) is 5.85. The summed E-state index contributed by atoms with van der Waals surface area (Å²) in [4.78, 5) is 11.8. The number of hydrogen-bond donors (Lipinski definition) is 1.